The van der Waals surface area contributed by atoms with Crippen LogP contribution in [0.2, 0.25) is 5.02 Å². The molecule has 1 aliphatic heterocycles. The number of benzene rings is 3. The third kappa shape index (κ3) is 5.27. The summed E-state index contributed by atoms with van der Waals surface area (Å²) in [6, 6.07) is 15.3. The zero-order valence-electron chi connectivity index (χ0n) is 18.9. The smallest absolute Gasteiger partial charge is 0.264 e. The largest absolute Gasteiger partial charge is 0.299 e. The van der Waals surface area contributed by atoms with Crippen molar-refractivity contribution in [2.75, 3.05) is 17.4 Å². The van der Waals surface area contributed by atoms with Crippen molar-refractivity contribution in [3.63, 3.8) is 0 Å². The Kier molecular flexibility index (Phi) is 7.55. The fraction of sp³-hybridized carbons (Fsp3) is 0.308. The molecule has 0 unspecified atom stereocenters. The molecule has 1 atom stereocenters. The third-order valence-corrected chi connectivity index (χ3v) is 8.37. The average Bonchev–Trinajstić information content (AvgIpc) is 2.82. The molecule has 4 rings (SSSR count). The Morgan fingerprint density at radius 2 is 1.65 bits per heavy atom. The number of nitrogens with zero attached hydrogens (tertiary/aromatic N) is 2. The van der Waals surface area contributed by atoms with Crippen molar-refractivity contribution in [1.29, 1.82) is 0 Å². The Morgan fingerprint density at radius 1 is 0.971 bits per heavy atom. The van der Waals surface area contributed by atoms with E-state index in [1.807, 2.05) is 24.3 Å². The highest BCUT2D eigenvalue weighted by Crippen LogP contribution is 2.37. The number of anilines is 1. The number of rotatable bonds is 7. The first-order valence-corrected chi connectivity index (χ1v) is 13.1. The lowest BCUT2D eigenvalue weighted by molar-refractivity contribution is 0.220. The van der Waals surface area contributed by atoms with Crippen molar-refractivity contribution in [3.05, 3.63) is 94.5 Å². The van der Waals surface area contributed by atoms with Gasteiger partial charge >= 0.3 is 0 Å². The van der Waals surface area contributed by atoms with Crippen LogP contribution in [0.1, 0.15) is 43.4 Å². The summed E-state index contributed by atoms with van der Waals surface area (Å²) in [6.45, 7) is 4.33. The summed E-state index contributed by atoms with van der Waals surface area (Å²) >= 11 is 5.95. The molecule has 34 heavy (non-hydrogen) atoms. The molecular weight excluding hydrogens is 478 g/mol. The van der Waals surface area contributed by atoms with Gasteiger partial charge in [-0.1, -0.05) is 42.3 Å². The molecule has 0 N–H and O–H groups in total. The summed E-state index contributed by atoms with van der Waals surface area (Å²) in [5.41, 5.74) is 1.37. The Bertz CT molecular complexity index is 1250. The Labute approximate surface area is 204 Å². The van der Waals surface area contributed by atoms with Gasteiger partial charge in [-0.2, -0.15) is 0 Å². The highest BCUT2D eigenvalue weighted by atomic mass is 35.5. The standard InChI is InChI=1S/C26H27ClF2N2O2S/c1-19(24-8-4-3-7-20(24)18-30-15-5-2-6-16-30)31(26-17-22(28)11-14-25(26)29)34(32,33)23-12-9-21(27)10-13-23/h3-4,7-14,17,19H,2,5-6,15-16,18H2,1H3/t19-/m1/s1. The fourth-order valence-corrected chi connectivity index (χ4v) is 6.25. The molecule has 0 saturated carbocycles. The first kappa shape index (κ1) is 24.6. The number of halogens is 3. The normalized spacial score (nSPS) is 15.8. The number of likely N-dealkylation sites (tertiary alicyclic amines) is 1. The van der Waals surface area contributed by atoms with E-state index in [0.29, 0.717) is 11.6 Å². The fourth-order valence-electron chi connectivity index (χ4n) is 4.49. The number of piperidine rings is 1. The Hall–Kier alpha value is -2.48. The van der Waals surface area contributed by atoms with Crippen molar-refractivity contribution in [2.24, 2.45) is 0 Å². The predicted octanol–water partition coefficient (Wildman–Crippen LogP) is 6.56. The van der Waals surface area contributed by atoms with Crippen LogP contribution >= 0.6 is 11.6 Å². The SMILES string of the molecule is C[C@H](c1ccccc1CN1CCCCC1)N(c1cc(F)ccc1F)S(=O)(=O)c1ccc(Cl)cc1. The van der Waals surface area contributed by atoms with Gasteiger partial charge in [0.2, 0.25) is 0 Å². The lowest BCUT2D eigenvalue weighted by atomic mass is 9.99. The minimum Gasteiger partial charge on any atom is -0.299 e. The van der Waals surface area contributed by atoms with Gasteiger partial charge in [-0.05, 0) is 80.4 Å². The molecule has 0 aliphatic carbocycles. The second-order valence-electron chi connectivity index (χ2n) is 8.56. The minimum atomic E-state index is -4.25. The molecule has 1 heterocycles. The van der Waals surface area contributed by atoms with Gasteiger partial charge in [-0.15, -0.1) is 0 Å². The summed E-state index contributed by atoms with van der Waals surface area (Å²) in [7, 11) is -4.25. The minimum absolute atomic E-state index is 0.0547. The molecule has 1 aliphatic rings. The van der Waals surface area contributed by atoms with Gasteiger partial charge in [0.15, 0.2) is 0 Å². The van der Waals surface area contributed by atoms with E-state index in [1.165, 1.54) is 30.7 Å². The van der Waals surface area contributed by atoms with E-state index in [1.54, 1.807) is 6.92 Å². The van der Waals surface area contributed by atoms with E-state index >= 15 is 0 Å². The van der Waals surface area contributed by atoms with Crippen molar-refractivity contribution in [1.82, 2.24) is 4.90 Å². The zero-order valence-corrected chi connectivity index (χ0v) is 20.5. The topological polar surface area (TPSA) is 40.6 Å². The van der Waals surface area contributed by atoms with Crippen molar-refractivity contribution in [2.45, 2.75) is 43.7 Å². The molecule has 3 aromatic rings. The van der Waals surface area contributed by atoms with Crippen molar-refractivity contribution in [3.8, 4) is 0 Å². The summed E-state index contributed by atoms with van der Waals surface area (Å²) in [6.07, 6.45) is 3.47. The molecule has 0 bridgehead atoms. The molecular formula is C26H27ClF2N2O2S. The maximum atomic E-state index is 15.0. The van der Waals surface area contributed by atoms with Crippen LogP contribution in [-0.2, 0) is 16.6 Å². The second-order valence-corrected chi connectivity index (χ2v) is 10.8. The van der Waals surface area contributed by atoms with E-state index in [0.717, 1.165) is 59.6 Å². The van der Waals surface area contributed by atoms with Crippen LogP contribution in [-0.4, -0.2) is 26.4 Å². The number of sulfonamides is 1. The first-order chi connectivity index (χ1) is 16.3. The molecule has 0 amide bonds. The molecule has 1 fully saturated rings. The van der Waals surface area contributed by atoms with Crippen LogP contribution in [0.25, 0.3) is 0 Å². The second kappa shape index (κ2) is 10.4. The van der Waals surface area contributed by atoms with Crippen LogP contribution < -0.4 is 4.31 Å². The Morgan fingerprint density at radius 3 is 2.35 bits per heavy atom. The summed E-state index contributed by atoms with van der Waals surface area (Å²) in [4.78, 5) is 2.29. The highest BCUT2D eigenvalue weighted by Gasteiger charge is 2.33. The molecule has 0 spiro atoms. The molecule has 0 aromatic heterocycles. The quantitative estimate of drug-likeness (QED) is 0.366. The third-order valence-electron chi connectivity index (χ3n) is 6.22. The highest BCUT2D eigenvalue weighted by molar-refractivity contribution is 7.92. The Balaban J connectivity index is 1.81. The maximum absolute atomic E-state index is 15.0. The van der Waals surface area contributed by atoms with Crippen LogP contribution in [0.15, 0.2) is 71.6 Å². The number of hydrogen-bond acceptors (Lipinski definition) is 3. The van der Waals surface area contributed by atoms with Gasteiger partial charge in [0.25, 0.3) is 10.0 Å². The van der Waals surface area contributed by atoms with Crippen LogP contribution in [0.3, 0.4) is 0 Å². The van der Waals surface area contributed by atoms with E-state index in [4.69, 9.17) is 11.6 Å². The number of hydrogen-bond donors (Lipinski definition) is 0. The molecule has 0 radical (unpaired) electrons. The van der Waals surface area contributed by atoms with Gasteiger partial charge in [-0.25, -0.2) is 17.2 Å². The lowest BCUT2D eigenvalue weighted by Crippen LogP contribution is -2.35. The van der Waals surface area contributed by atoms with Gasteiger partial charge in [0.05, 0.1) is 16.6 Å². The predicted molar refractivity (Wildman–Crippen MR) is 131 cm³/mol. The summed E-state index contributed by atoms with van der Waals surface area (Å²) in [5, 5.41) is 0.377. The molecule has 4 nitrogen and oxygen atoms in total. The van der Waals surface area contributed by atoms with E-state index in [2.05, 4.69) is 4.90 Å². The van der Waals surface area contributed by atoms with Crippen molar-refractivity contribution >= 4 is 27.3 Å². The summed E-state index contributed by atoms with van der Waals surface area (Å²) < 4.78 is 57.8. The van der Waals surface area contributed by atoms with E-state index in [9.17, 15) is 17.2 Å². The van der Waals surface area contributed by atoms with Crippen LogP contribution in [0.4, 0.5) is 14.5 Å². The molecule has 8 heteroatoms. The van der Waals surface area contributed by atoms with Gasteiger partial charge in [0, 0.05) is 17.6 Å². The molecule has 3 aromatic carbocycles. The van der Waals surface area contributed by atoms with Crippen molar-refractivity contribution < 1.29 is 17.2 Å². The first-order valence-electron chi connectivity index (χ1n) is 11.3. The van der Waals surface area contributed by atoms with Gasteiger partial charge in [-0.3, -0.25) is 9.21 Å². The van der Waals surface area contributed by atoms with E-state index < -0.39 is 27.7 Å². The molecule has 1 saturated heterocycles. The average molecular weight is 505 g/mol. The van der Waals surface area contributed by atoms with Gasteiger partial charge < -0.3 is 0 Å². The van der Waals surface area contributed by atoms with Crippen LogP contribution in [0.5, 0.6) is 0 Å². The monoisotopic (exact) mass is 504 g/mol. The van der Waals surface area contributed by atoms with Crippen LogP contribution in [0, 0.1) is 11.6 Å². The molecule has 180 valence electrons. The summed E-state index contributed by atoms with van der Waals surface area (Å²) in [5.74, 6) is -1.54. The maximum Gasteiger partial charge on any atom is 0.264 e. The zero-order chi connectivity index (χ0) is 24.3. The van der Waals surface area contributed by atoms with Gasteiger partial charge in [0.1, 0.15) is 11.6 Å². The van der Waals surface area contributed by atoms with E-state index in [-0.39, 0.29) is 10.6 Å². The lowest BCUT2D eigenvalue weighted by Gasteiger charge is -2.33.